The number of carbonyl (C=O) groups is 1. The summed E-state index contributed by atoms with van der Waals surface area (Å²) in [6, 6.07) is 6.45. The predicted molar refractivity (Wildman–Crippen MR) is 134 cm³/mol. The Balaban J connectivity index is 1.51. The molecule has 1 atom stereocenters. The molecule has 3 aromatic rings. The second kappa shape index (κ2) is 10.5. The monoisotopic (exact) mass is 484 g/mol. The van der Waals surface area contributed by atoms with Crippen molar-refractivity contribution in [3.63, 3.8) is 0 Å². The maximum atomic E-state index is 13.6. The molecular formula is C26H33FN4O2S. The average molecular weight is 485 g/mol. The topological polar surface area (TPSA) is 69.0 Å². The zero-order valence-corrected chi connectivity index (χ0v) is 21.1. The highest BCUT2D eigenvalue weighted by Crippen LogP contribution is 2.37. The summed E-state index contributed by atoms with van der Waals surface area (Å²) in [6.07, 6.45) is 3.91. The van der Waals surface area contributed by atoms with Crippen molar-refractivity contribution in [3.8, 4) is 21.8 Å². The van der Waals surface area contributed by atoms with Crippen LogP contribution in [0, 0.1) is 11.7 Å². The number of hydrogen-bond acceptors (Lipinski definition) is 6. The largest absolute Gasteiger partial charge is 0.381 e. The summed E-state index contributed by atoms with van der Waals surface area (Å²) in [4.78, 5) is 17.6. The Kier molecular flexibility index (Phi) is 7.60. The number of Topliss-reactive ketones (excluding diaryl/α,β-unsaturated/α-hetero) is 1. The summed E-state index contributed by atoms with van der Waals surface area (Å²) in [7, 11) is 0. The first kappa shape index (κ1) is 24.7. The number of benzene rings is 1. The van der Waals surface area contributed by atoms with E-state index in [1.165, 1.54) is 23.5 Å². The molecule has 182 valence electrons. The van der Waals surface area contributed by atoms with Crippen molar-refractivity contribution in [2.24, 2.45) is 5.92 Å². The molecule has 3 heterocycles. The van der Waals surface area contributed by atoms with Crippen LogP contribution >= 0.6 is 11.3 Å². The Morgan fingerprint density at radius 1 is 1.26 bits per heavy atom. The molecule has 4 rings (SSSR count). The van der Waals surface area contributed by atoms with E-state index in [4.69, 9.17) is 9.72 Å². The molecule has 1 saturated heterocycles. The minimum absolute atomic E-state index is 0.132. The summed E-state index contributed by atoms with van der Waals surface area (Å²) in [5.41, 5.74) is 3.16. The highest BCUT2D eigenvalue weighted by Gasteiger charge is 2.26. The molecule has 1 aromatic carbocycles. The highest BCUT2D eigenvalue weighted by atomic mass is 32.1. The maximum Gasteiger partial charge on any atom is 0.155 e. The molecule has 1 fully saturated rings. The number of rotatable bonds is 8. The quantitative estimate of drug-likeness (QED) is 0.473. The molecule has 2 aromatic heterocycles. The lowest BCUT2D eigenvalue weighted by atomic mass is 9.99. The number of halogens is 1. The number of ketones is 1. The van der Waals surface area contributed by atoms with E-state index in [9.17, 15) is 9.18 Å². The molecule has 6 nitrogen and oxygen atoms in total. The lowest BCUT2D eigenvalue weighted by Gasteiger charge is -2.23. The van der Waals surface area contributed by atoms with Gasteiger partial charge in [-0.1, -0.05) is 0 Å². The SMILES string of the molecule is CC(C(=O)CNCC1CCOCC1)c1csc(-c2cnn(C(C)(C)C)c2-c2ccc(F)cc2)n1. The lowest BCUT2D eigenvalue weighted by Crippen LogP contribution is -2.32. The molecule has 0 radical (unpaired) electrons. The van der Waals surface area contributed by atoms with Gasteiger partial charge in [-0.25, -0.2) is 9.37 Å². The van der Waals surface area contributed by atoms with E-state index >= 15 is 0 Å². The molecule has 1 aliphatic heterocycles. The summed E-state index contributed by atoms with van der Waals surface area (Å²) in [6.45, 7) is 11.0. The van der Waals surface area contributed by atoms with Crippen LogP contribution in [-0.4, -0.2) is 46.9 Å². The molecule has 1 N–H and O–H groups in total. The number of hydrogen-bond donors (Lipinski definition) is 1. The summed E-state index contributed by atoms with van der Waals surface area (Å²) < 4.78 is 20.9. The Hall–Kier alpha value is -2.42. The van der Waals surface area contributed by atoms with Crippen molar-refractivity contribution < 1.29 is 13.9 Å². The average Bonchev–Trinajstić information content (AvgIpc) is 3.47. The summed E-state index contributed by atoms with van der Waals surface area (Å²) in [5.74, 6) is 0.139. The van der Waals surface area contributed by atoms with Crippen LogP contribution < -0.4 is 5.32 Å². The number of nitrogens with one attached hydrogen (secondary N) is 1. The van der Waals surface area contributed by atoms with Crippen molar-refractivity contribution in [1.82, 2.24) is 20.1 Å². The van der Waals surface area contributed by atoms with Crippen LogP contribution in [0.2, 0.25) is 0 Å². The first-order valence-corrected chi connectivity index (χ1v) is 12.7. The van der Waals surface area contributed by atoms with Crippen molar-refractivity contribution >= 4 is 17.1 Å². The molecular weight excluding hydrogens is 451 g/mol. The van der Waals surface area contributed by atoms with Gasteiger partial charge in [-0.05, 0) is 77.3 Å². The third-order valence-electron chi connectivity index (χ3n) is 6.27. The zero-order chi connectivity index (χ0) is 24.3. The number of carbonyl (C=O) groups excluding carboxylic acids is 1. The van der Waals surface area contributed by atoms with E-state index in [1.54, 1.807) is 12.1 Å². The molecule has 0 aliphatic carbocycles. The van der Waals surface area contributed by atoms with Crippen molar-refractivity contribution in [3.05, 3.63) is 47.4 Å². The fraction of sp³-hybridized carbons (Fsp3) is 0.500. The second-order valence-electron chi connectivity index (χ2n) is 9.95. The second-order valence-corrected chi connectivity index (χ2v) is 10.8. The van der Waals surface area contributed by atoms with Crippen LogP contribution in [0.25, 0.3) is 21.8 Å². The third-order valence-corrected chi connectivity index (χ3v) is 7.17. The summed E-state index contributed by atoms with van der Waals surface area (Å²) in [5, 5.41) is 10.7. The minimum atomic E-state index is -0.292. The third kappa shape index (κ3) is 5.62. The first-order chi connectivity index (χ1) is 16.2. The Morgan fingerprint density at radius 3 is 2.65 bits per heavy atom. The Bertz CT molecular complexity index is 1110. The van der Waals surface area contributed by atoms with Gasteiger partial charge in [-0.2, -0.15) is 5.10 Å². The molecule has 1 unspecified atom stereocenters. The van der Waals surface area contributed by atoms with Gasteiger partial charge in [0.15, 0.2) is 5.78 Å². The van der Waals surface area contributed by atoms with Gasteiger partial charge in [-0.3, -0.25) is 9.48 Å². The van der Waals surface area contributed by atoms with Crippen LogP contribution in [-0.2, 0) is 15.1 Å². The van der Waals surface area contributed by atoms with Gasteiger partial charge in [0.1, 0.15) is 10.8 Å². The van der Waals surface area contributed by atoms with Crippen LogP contribution in [0.1, 0.15) is 52.1 Å². The van der Waals surface area contributed by atoms with Gasteiger partial charge in [0.2, 0.25) is 0 Å². The molecule has 0 saturated carbocycles. The molecule has 34 heavy (non-hydrogen) atoms. The van der Waals surface area contributed by atoms with E-state index in [-0.39, 0.29) is 23.1 Å². The smallest absolute Gasteiger partial charge is 0.155 e. The van der Waals surface area contributed by atoms with Gasteiger partial charge in [0.25, 0.3) is 0 Å². The predicted octanol–water partition coefficient (Wildman–Crippen LogP) is 5.26. The van der Waals surface area contributed by atoms with Crippen molar-refractivity contribution in [1.29, 1.82) is 0 Å². The fourth-order valence-corrected chi connectivity index (χ4v) is 5.10. The standard InChI is InChI=1S/C26H33FN4O2S/c1-17(23(32)15-28-13-18-9-11-33-12-10-18)22-16-34-25(30-22)21-14-29-31(26(2,3)4)24(21)19-5-7-20(27)8-6-19/h5-8,14,16-18,28H,9-13,15H2,1-4H3. The number of ether oxygens (including phenoxy) is 1. The van der Waals surface area contributed by atoms with E-state index in [0.717, 1.165) is 60.1 Å². The molecule has 0 spiro atoms. The number of nitrogens with zero attached hydrogens (tertiary/aromatic N) is 3. The zero-order valence-electron chi connectivity index (χ0n) is 20.3. The van der Waals surface area contributed by atoms with Crippen molar-refractivity contribution in [2.75, 3.05) is 26.3 Å². The van der Waals surface area contributed by atoms with Crippen molar-refractivity contribution in [2.45, 2.75) is 52.0 Å². The Morgan fingerprint density at radius 2 is 1.97 bits per heavy atom. The van der Waals surface area contributed by atoms with Gasteiger partial charge in [0, 0.05) is 24.2 Å². The van der Waals surface area contributed by atoms with E-state index < -0.39 is 0 Å². The normalized spacial score (nSPS) is 16.0. The van der Waals surface area contributed by atoms with Gasteiger partial charge in [-0.15, -0.1) is 11.3 Å². The van der Waals surface area contributed by atoms with Crippen LogP contribution in [0.3, 0.4) is 0 Å². The van der Waals surface area contributed by atoms with Crippen LogP contribution in [0.4, 0.5) is 4.39 Å². The maximum absolute atomic E-state index is 13.6. The minimum Gasteiger partial charge on any atom is -0.381 e. The first-order valence-electron chi connectivity index (χ1n) is 11.9. The van der Waals surface area contributed by atoms with Gasteiger partial charge >= 0.3 is 0 Å². The molecule has 0 amide bonds. The van der Waals surface area contributed by atoms with E-state index in [0.29, 0.717) is 12.5 Å². The summed E-state index contributed by atoms with van der Waals surface area (Å²) >= 11 is 1.51. The van der Waals surface area contributed by atoms with Crippen LogP contribution in [0.5, 0.6) is 0 Å². The van der Waals surface area contributed by atoms with E-state index in [2.05, 4.69) is 31.2 Å². The van der Waals surface area contributed by atoms with E-state index in [1.807, 2.05) is 23.2 Å². The Labute approximate surface area is 204 Å². The number of thiazole rings is 1. The lowest BCUT2D eigenvalue weighted by molar-refractivity contribution is -0.119. The fourth-order valence-electron chi connectivity index (χ4n) is 4.18. The molecule has 1 aliphatic rings. The molecule has 0 bridgehead atoms. The van der Waals surface area contributed by atoms with Gasteiger partial charge < -0.3 is 10.1 Å². The number of aromatic nitrogens is 3. The van der Waals surface area contributed by atoms with Gasteiger partial charge in [0.05, 0.1) is 41.1 Å². The van der Waals surface area contributed by atoms with Crippen LogP contribution in [0.15, 0.2) is 35.8 Å². The highest BCUT2D eigenvalue weighted by molar-refractivity contribution is 7.13. The molecule has 8 heteroatoms.